The van der Waals surface area contributed by atoms with Gasteiger partial charge in [0, 0.05) is 19.3 Å². The lowest BCUT2D eigenvalue weighted by Gasteiger charge is -2.18. The molecule has 0 bridgehead atoms. The standard InChI is InChI=1S/C71H130O6/c1-4-7-10-13-16-19-22-25-28-29-30-31-32-33-34-35-36-37-38-39-40-41-42-44-46-49-52-55-58-61-64-70(73)76-67-68(66-75-69(72)63-60-57-54-51-48-45-27-24-21-18-15-12-9-6-3)77-71(74)65-62-59-56-53-50-47-43-26-23-20-17-14-11-8-5-2/h8,11,17,20,26,43,50,53,68H,4-7,9-10,12-16,18-19,21-25,27-42,44-49,51-52,54-67H2,1-3H3/b11-8-,20-17-,43-26-,53-50-. The fourth-order valence-electron chi connectivity index (χ4n) is 10.3. The second kappa shape index (κ2) is 65.9. The van der Waals surface area contributed by atoms with Gasteiger partial charge in [0.15, 0.2) is 6.10 Å². The van der Waals surface area contributed by atoms with Gasteiger partial charge in [0.05, 0.1) is 0 Å². The van der Waals surface area contributed by atoms with E-state index < -0.39 is 6.10 Å². The molecule has 450 valence electrons. The maximum Gasteiger partial charge on any atom is 0.306 e. The van der Waals surface area contributed by atoms with Gasteiger partial charge in [0.1, 0.15) is 13.2 Å². The summed E-state index contributed by atoms with van der Waals surface area (Å²) in [6.07, 6.45) is 83.0. The highest BCUT2D eigenvalue weighted by molar-refractivity contribution is 5.71. The molecule has 1 atom stereocenters. The second-order valence-electron chi connectivity index (χ2n) is 23.1. The zero-order chi connectivity index (χ0) is 55.7. The Bertz CT molecular complexity index is 1330. The van der Waals surface area contributed by atoms with Crippen LogP contribution in [0.2, 0.25) is 0 Å². The minimum atomic E-state index is -0.792. The summed E-state index contributed by atoms with van der Waals surface area (Å²) in [6, 6.07) is 0. The molecule has 6 nitrogen and oxygen atoms in total. The summed E-state index contributed by atoms with van der Waals surface area (Å²) >= 11 is 0. The molecule has 0 aliphatic heterocycles. The average Bonchev–Trinajstić information content (AvgIpc) is 3.43. The zero-order valence-electron chi connectivity index (χ0n) is 51.7. The van der Waals surface area contributed by atoms with Crippen LogP contribution in [-0.4, -0.2) is 37.2 Å². The highest BCUT2D eigenvalue weighted by Crippen LogP contribution is 2.18. The van der Waals surface area contributed by atoms with E-state index in [0.29, 0.717) is 19.3 Å². The summed E-state index contributed by atoms with van der Waals surface area (Å²) in [5, 5.41) is 0. The minimum Gasteiger partial charge on any atom is -0.462 e. The van der Waals surface area contributed by atoms with Crippen LogP contribution in [0, 0.1) is 0 Å². The Balaban J connectivity index is 4.16. The van der Waals surface area contributed by atoms with E-state index in [0.717, 1.165) is 77.0 Å². The summed E-state index contributed by atoms with van der Waals surface area (Å²) in [4.78, 5) is 38.3. The van der Waals surface area contributed by atoms with Crippen LogP contribution in [0.1, 0.15) is 367 Å². The van der Waals surface area contributed by atoms with E-state index in [1.165, 1.54) is 244 Å². The van der Waals surface area contributed by atoms with Crippen molar-refractivity contribution >= 4 is 17.9 Å². The molecule has 0 fully saturated rings. The number of hydrogen-bond acceptors (Lipinski definition) is 6. The molecule has 0 heterocycles. The fraction of sp³-hybridized carbons (Fsp3) is 0.845. The maximum absolute atomic E-state index is 12.9. The number of rotatable bonds is 63. The van der Waals surface area contributed by atoms with Gasteiger partial charge in [0.25, 0.3) is 0 Å². The highest BCUT2D eigenvalue weighted by Gasteiger charge is 2.19. The third-order valence-electron chi connectivity index (χ3n) is 15.3. The van der Waals surface area contributed by atoms with Crippen molar-refractivity contribution in [3.8, 4) is 0 Å². The van der Waals surface area contributed by atoms with Gasteiger partial charge in [-0.25, -0.2) is 0 Å². The van der Waals surface area contributed by atoms with Crippen molar-refractivity contribution in [2.45, 2.75) is 374 Å². The molecule has 1 unspecified atom stereocenters. The first-order valence-electron chi connectivity index (χ1n) is 34.1. The average molecular weight is 1080 g/mol. The van der Waals surface area contributed by atoms with Gasteiger partial charge < -0.3 is 14.2 Å². The van der Waals surface area contributed by atoms with Crippen LogP contribution in [0.3, 0.4) is 0 Å². The number of allylic oxidation sites excluding steroid dienone is 8. The van der Waals surface area contributed by atoms with Crippen LogP contribution in [0.15, 0.2) is 48.6 Å². The van der Waals surface area contributed by atoms with Crippen molar-refractivity contribution in [1.82, 2.24) is 0 Å². The van der Waals surface area contributed by atoms with E-state index in [1.54, 1.807) is 0 Å². The molecule has 0 aromatic heterocycles. The second-order valence-corrected chi connectivity index (χ2v) is 23.1. The van der Waals surface area contributed by atoms with Crippen LogP contribution >= 0.6 is 0 Å². The van der Waals surface area contributed by atoms with Gasteiger partial charge >= 0.3 is 17.9 Å². The normalized spacial score (nSPS) is 12.3. The molecule has 0 aliphatic carbocycles. The molecule has 0 saturated carbocycles. The third-order valence-corrected chi connectivity index (χ3v) is 15.3. The first kappa shape index (κ1) is 74.4. The van der Waals surface area contributed by atoms with Crippen molar-refractivity contribution in [2.75, 3.05) is 13.2 Å². The van der Waals surface area contributed by atoms with Crippen molar-refractivity contribution in [3.05, 3.63) is 48.6 Å². The lowest BCUT2D eigenvalue weighted by atomic mass is 10.0. The van der Waals surface area contributed by atoms with Crippen molar-refractivity contribution in [3.63, 3.8) is 0 Å². The molecule has 6 heteroatoms. The summed E-state index contributed by atoms with van der Waals surface area (Å²) in [7, 11) is 0. The number of esters is 3. The monoisotopic (exact) mass is 1080 g/mol. The van der Waals surface area contributed by atoms with Crippen LogP contribution in [0.5, 0.6) is 0 Å². The Hall–Kier alpha value is -2.63. The Morgan fingerprint density at radius 1 is 0.273 bits per heavy atom. The molecule has 0 N–H and O–H groups in total. The predicted octanol–water partition coefficient (Wildman–Crippen LogP) is 23.3. The molecule has 0 aromatic rings. The van der Waals surface area contributed by atoms with Gasteiger partial charge in [-0.05, 0) is 57.8 Å². The number of ether oxygens (including phenoxy) is 3. The van der Waals surface area contributed by atoms with E-state index >= 15 is 0 Å². The van der Waals surface area contributed by atoms with Crippen LogP contribution in [0.25, 0.3) is 0 Å². The van der Waals surface area contributed by atoms with Crippen LogP contribution in [-0.2, 0) is 28.6 Å². The molecule has 0 saturated heterocycles. The first-order chi connectivity index (χ1) is 38.0. The largest absolute Gasteiger partial charge is 0.462 e. The van der Waals surface area contributed by atoms with Crippen LogP contribution < -0.4 is 0 Å². The number of hydrogen-bond donors (Lipinski definition) is 0. The molecular weight excluding hydrogens is 949 g/mol. The lowest BCUT2D eigenvalue weighted by Crippen LogP contribution is -2.30. The molecule has 0 aliphatic rings. The molecule has 0 radical (unpaired) electrons. The van der Waals surface area contributed by atoms with E-state index in [9.17, 15) is 14.4 Å². The van der Waals surface area contributed by atoms with Gasteiger partial charge in [-0.15, -0.1) is 0 Å². The number of carbonyl (C=O) groups excluding carboxylic acids is 3. The number of carbonyl (C=O) groups is 3. The van der Waals surface area contributed by atoms with E-state index in [2.05, 4.69) is 69.4 Å². The van der Waals surface area contributed by atoms with Gasteiger partial charge in [-0.3, -0.25) is 14.4 Å². The molecular formula is C71H130O6. The van der Waals surface area contributed by atoms with Crippen molar-refractivity contribution < 1.29 is 28.6 Å². The van der Waals surface area contributed by atoms with Crippen molar-refractivity contribution in [1.29, 1.82) is 0 Å². The Morgan fingerprint density at radius 3 is 0.792 bits per heavy atom. The quantitative estimate of drug-likeness (QED) is 0.0261. The minimum absolute atomic E-state index is 0.0851. The summed E-state index contributed by atoms with van der Waals surface area (Å²) in [5.41, 5.74) is 0. The summed E-state index contributed by atoms with van der Waals surface area (Å²) in [5.74, 6) is -0.904. The summed E-state index contributed by atoms with van der Waals surface area (Å²) < 4.78 is 16.9. The fourth-order valence-corrected chi connectivity index (χ4v) is 10.3. The lowest BCUT2D eigenvalue weighted by molar-refractivity contribution is -0.167. The summed E-state index contributed by atoms with van der Waals surface area (Å²) in [6.45, 7) is 6.55. The van der Waals surface area contributed by atoms with Crippen molar-refractivity contribution in [2.24, 2.45) is 0 Å². The van der Waals surface area contributed by atoms with Gasteiger partial charge in [-0.1, -0.05) is 339 Å². The third kappa shape index (κ3) is 64.1. The zero-order valence-corrected chi connectivity index (χ0v) is 51.7. The molecule has 0 spiro atoms. The Labute approximate surface area is 479 Å². The molecule has 0 aromatic carbocycles. The predicted molar refractivity (Wildman–Crippen MR) is 335 cm³/mol. The first-order valence-corrected chi connectivity index (χ1v) is 34.1. The van der Waals surface area contributed by atoms with Gasteiger partial charge in [0.2, 0.25) is 0 Å². The highest BCUT2D eigenvalue weighted by atomic mass is 16.6. The number of unbranched alkanes of at least 4 members (excludes halogenated alkanes) is 44. The van der Waals surface area contributed by atoms with E-state index in [1.807, 2.05) is 0 Å². The maximum atomic E-state index is 12.9. The Morgan fingerprint density at radius 2 is 0.506 bits per heavy atom. The molecule has 77 heavy (non-hydrogen) atoms. The SMILES string of the molecule is CC/C=C\C/C=C\C/C=C\C/C=C\CCCCC(=O)OC(COC(=O)CCCCCCCCCCCCCCCC)COC(=O)CCCCCCCCCCCCCCCCCCCCCCCCCCCCCCCC. The van der Waals surface area contributed by atoms with E-state index in [4.69, 9.17) is 14.2 Å². The smallest absolute Gasteiger partial charge is 0.306 e. The van der Waals surface area contributed by atoms with Gasteiger partial charge in [-0.2, -0.15) is 0 Å². The molecule has 0 amide bonds. The van der Waals surface area contributed by atoms with Crippen LogP contribution in [0.4, 0.5) is 0 Å². The Kier molecular flexibility index (Phi) is 63.6. The van der Waals surface area contributed by atoms with E-state index in [-0.39, 0.29) is 37.5 Å². The topological polar surface area (TPSA) is 78.9 Å². The molecule has 0 rings (SSSR count).